The molecule has 2 aromatic heterocycles. The molecule has 0 amide bonds. The smallest absolute Gasteiger partial charge is 0.311 e. The van der Waals surface area contributed by atoms with Gasteiger partial charge in [0.25, 0.3) is 0 Å². The highest BCUT2D eigenvalue weighted by atomic mass is 32.1. The summed E-state index contributed by atoms with van der Waals surface area (Å²) >= 11 is 1.62. The molecule has 0 aromatic carbocycles. The second kappa shape index (κ2) is 4.16. The number of aromatic nitrogens is 2. The Hall–Kier alpha value is -1.69. The summed E-state index contributed by atoms with van der Waals surface area (Å²) < 4.78 is 1.05. The average molecular weight is 277 g/mol. The van der Waals surface area contributed by atoms with Crippen molar-refractivity contribution in [3.8, 4) is 0 Å². The Morgan fingerprint density at radius 1 is 1.53 bits per heavy atom. The van der Waals surface area contributed by atoms with Gasteiger partial charge in [-0.15, -0.1) is 11.3 Å². The van der Waals surface area contributed by atoms with E-state index in [4.69, 9.17) is 0 Å². The third-order valence-corrected chi connectivity index (χ3v) is 4.88. The van der Waals surface area contributed by atoms with Crippen LogP contribution in [0.4, 0.5) is 5.82 Å². The van der Waals surface area contributed by atoms with E-state index >= 15 is 0 Å². The number of carbonyl (C=O) groups is 1. The predicted octanol–water partition coefficient (Wildman–Crippen LogP) is 2.30. The van der Waals surface area contributed by atoms with E-state index in [2.05, 4.69) is 20.2 Å². The van der Waals surface area contributed by atoms with Crippen LogP contribution in [-0.4, -0.2) is 34.1 Å². The van der Waals surface area contributed by atoms with E-state index < -0.39 is 11.4 Å². The van der Waals surface area contributed by atoms with Crippen LogP contribution in [0, 0.1) is 12.3 Å². The van der Waals surface area contributed by atoms with Crippen LogP contribution in [0.5, 0.6) is 0 Å². The largest absolute Gasteiger partial charge is 0.481 e. The third kappa shape index (κ3) is 1.87. The molecule has 1 saturated heterocycles. The zero-order valence-electron chi connectivity index (χ0n) is 10.9. The maximum absolute atomic E-state index is 11.3. The summed E-state index contributed by atoms with van der Waals surface area (Å²) in [5.41, 5.74) is 1.44. The lowest BCUT2D eigenvalue weighted by molar-refractivity contribution is -0.146. The lowest BCUT2D eigenvalue weighted by atomic mass is 9.90. The van der Waals surface area contributed by atoms with Gasteiger partial charge in [-0.3, -0.25) is 4.79 Å². The number of hydrogen-bond donors (Lipinski definition) is 1. The summed E-state index contributed by atoms with van der Waals surface area (Å²) in [4.78, 5) is 22.0. The molecule has 100 valence electrons. The van der Waals surface area contributed by atoms with Crippen LogP contribution in [0.25, 0.3) is 10.2 Å². The Morgan fingerprint density at radius 3 is 3.00 bits per heavy atom. The number of carboxylic acid groups (broad SMARTS) is 1. The van der Waals surface area contributed by atoms with Crippen LogP contribution in [0.1, 0.15) is 18.9 Å². The standard InChI is InChI=1S/C13H15N3O2S/c1-8-5-19-10-9(8)14-7-15-11(10)16-4-3-13(2,6-16)12(17)18/h5,7H,3-4,6H2,1-2H3,(H,17,18). The molecule has 1 aliphatic rings. The van der Waals surface area contributed by atoms with E-state index in [-0.39, 0.29) is 0 Å². The highest BCUT2D eigenvalue weighted by molar-refractivity contribution is 7.18. The van der Waals surface area contributed by atoms with Crippen molar-refractivity contribution in [1.82, 2.24) is 9.97 Å². The van der Waals surface area contributed by atoms with Crippen LogP contribution >= 0.6 is 11.3 Å². The predicted molar refractivity (Wildman–Crippen MR) is 74.7 cm³/mol. The van der Waals surface area contributed by atoms with Gasteiger partial charge in [-0.05, 0) is 31.2 Å². The minimum Gasteiger partial charge on any atom is -0.481 e. The van der Waals surface area contributed by atoms with E-state index in [9.17, 15) is 9.90 Å². The number of thiophene rings is 1. The summed E-state index contributed by atoms with van der Waals surface area (Å²) in [6, 6.07) is 0. The van der Waals surface area contributed by atoms with Gasteiger partial charge in [0.2, 0.25) is 0 Å². The molecular weight excluding hydrogens is 262 g/mol. The highest BCUT2D eigenvalue weighted by Crippen LogP contribution is 2.37. The van der Waals surface area contributed by atoms with Crippen molar-refractivity contribution >= 4 is 33.3 Å². The van der Waals surface area contributed by atoms with Crippen LogP contribution in [0.2, 0.25) is 0 Å². The van der Waals surface area contributed by atoms with E-state index in [0.29, 0.717) is 13.0 Å². The van der Waals surface area contributed by atoms with Crippen molar-refractivity contribution in [1.29, 1.82) is 0 Å². The Kier molecular flexibility index (Phi) is 2.70. The summed E-state index contributed by atoms with van der Waals surface area (Å²) in [6.07, 6.45) is 2.21. The van der Waals surface area contributed by atoms with Crippen LogP contribution in [0.15, 0.2) is 11.7 Å². The molecule has 0 aliphatic carbocycles. The Morgan fingerprint density at radius 2 is 2.32 bits per heavy atom. The van der Waals surface area contributed by atoms with E-state index in [1.165, 1.54) is 0 Å². The van der Waals surface area contributed by atoms with Crippen LogP contribution in [0.3, 0.4) is 0 Å². The minimum absolute atomic E-state index is 0.505. The number of rotatable bonds is 2. The molecule has 19 heavy (non-hydrogen) atoms. The number of anilines is 1. The molecular formula is C13H15N3O2S. The maximum atomic E-state index is 11.3. The summed E-state index contributed by atoms with van der Waals surface area (Å²) in [5.74, 6) is 0.135. The molecule has 2 aromatic rings. The van der Waals surface area contributed by atoms with E-state index in [0.717, 1.165) is 28.1 Å². The number of aliphatic carboxylic acids is 1. The Bertz CT molecular complexity index is 654. The summed E-state index contributed by atoms with van der Waals surface area (Å²) in [7, 11) is 0. The van der Waals surface area contributed by atoms with E-state index in [1.54, 1.807) is 24.6 Å². The lowest BCUT2D eigenvalue weighted by Crippen LogP contribution is -2.32. The first-order valence-electron chi connectivity index (χ1n) is 6.18. The first kappa shape index (κ1) is 12.3. The Balaban J connectivity index is 2.00. The molecule has 1 fully saturated rings. The summed E-state index contributed by atoms with van der Waals surface area (Å²) in [5, 5.41) is 11.4. The van der Waals surface area contributed by atoms with Gasteiger partial charge in [-0.25, -0.2) is 9.97 Å². The van der Waals surface area contributed by atoms with Gasteiger partial charge in [0, 0.05) is 13.1 Å². The highest BCUT2D eigenvalue weighted by Gasteiger charge is 2.41. The zero-order chi connectivity index (χ0) is 13.6. The third-order valence-electron chi connectivity index (χ3n) is 3.80. The van der Waals surface area contributed by atoms with Crippen molar-refractivity contribution in [3.63, 3.8) is 0 Å². The fourth-order valence-electron chi connectivity index (χ4n) is 2.50. The molecule has 1 N–H and O–H groups in total. The van der Waals surface area contributed by atoms with Gasteiger partial charge in [0.05, 0.1) is 15.6 Å². The second-order valence-electron chi connectivity index (χ2n) is 5.33. The lowest BCUT2D eigenvalue weighted by Gasteiger charge is -2.21. The van der Waals surface area contributed by atoms with Crippen molar-refractivity contribution in [2.45, 2.75) is 20.3 Å². The van der Waals surface area contributed by atoms with Crippen LogP contribution in [-0.2, 0) is 4.79 Å². The molecule has 0 spiro atoms. The molecule has 1 atom stereocenters. The first-order valence-corrected chi connectivity index (χ1v) is 7.06. The van der Waals surface area contributed by atoms with E-state index in [1.807, 2.05) is 6.92 Å². The van der Waals surface area contributed by atoms with Crippen molar-refractivity contribution in [2.24, 2.45) is 5.41 Å². The van der Waals surface area contributed by atoms with Gasteiger partial charge >= 0.3 is 5.97 Å². The number of fused-ring (bicyclic) bond motifs is 1. The normalized spacial score (nSPS) is 23.2. The fourth-order valence-corrected chi connectivity index (χ4v) is 3.52. The first-order chi connectivity index (χ1) is 9.01. The van der Waals surface area contributed by atoms with Gasteiger partial charge in [-0.1, -0.05) is 0 Å². The summed E-state index contributed by atoms with van der Waals surface area (Å²) in [6.45, 7) is 5.06. The molecule has 3 rings (SSSR count). The zero-order valence-corrected chi connectivity index (χ0v) is 11.7. The molecule has 0 radical (unpaired) electrons. The van der Waals surface area contributed by atoms with Gasteiger partial charge < -0.3 is 10.0 Å². The van der Waals surface area contributed by atoms with Gasteiger partial charge in [0.15, 0.2) is 0 Å². The molecule has 3 heterocycles. The van der Waals surface area contributed by atoms with Gasteiger partial charge in [0.1, 0.15) is 12.1 Å². The maximum Gasteiger partial charge on any atom is 0.311 e. The number of carboxylic acids is 1. The number of aryl methyl sites for hydroxylation is 1. The minimum atomic E-state index is -0.734. The fraction of sp³-hybridized carbons (Fsp3) is 0.462. The second-order valence-corrected chi connectivity index (χ2v) is 6.21. The molecule has 1 unspecified atom stereocenters. The molecule has 5 nitrogen and oxygen atoms in total. The van der Waals surface area contributed by atoms with Crippen LogP contribution < -0.4 is 4.90 Å². The Labute approximate surface area is 114 Å². The van der Waals surface area contributed by atoms with Crippen molar-refractivity contribution in [2.75, 3.05) is 18.0 Å². The van der Waals surface area contributed by atoms with Crippen molar-refractivity contribution < 1.29 is 9.90 Å². The van der Waals surface area contributed by atoms with Crippen molar-refractivity contribution in [3.05, 3.63) is 17.3 Å². The number of nitrogens with zero attached hydrogens (tertiary/aromatic N) is 3. The molecule has 0 saturated carbocycles. The van der Waals surface area contributed by atoms with Gasteiger partial charge in [-0.2, -0.15) is 0 Å². The SMILES string of the molecule is Cc1csc2c(N3CCC(C)(C(=O)O)C3)ncnc12. The topological polar surface area (TPSA) is 66.3 Å². The number of hydrogen-bond acceptors (Lipinski definition) is 5. The average Bonchev–Trinajstić information content (AvgIpc) is 2.95. The molecule has 1 aliphatic heterocycles. The monoisotopic (exact) mass is 277 g/mol. The molecule has 6 heteroatoms. The quantitative estimate of drug-likeness (QED) is 0.912. The molecule has 0 bridgehead atoms.